The molecule has 1 aromatic rings. The Morgan fingerprint density at radius 1 is 1.15 bits per heavy atom. The van der Waals surface area contributed by atoms with Crippen LogP contribution < -0.4 is 5.32 Å². The highest BCUT2D eigenvalue weighted by Crippen LogP contribution is 2.41. The van der Waals surface area contributed by atoms with Crippen LogP contribution in [0.3, 0.4) is 0 Å². The predicted molar refractivity (Wildman–Crippen MR) is 107 cm³/mol. The van der Waals surface area contributed by atoms with Crippen molar-refractivity contribution >= 4 is 23.6 Å². The van der Waals surface area contributed by atoms with Gasteiger partial charge in [0, 0.05) is 17.9 Å². The first-order valence-corrected chi connectivity index (χ1v) is 10.9. The van der Waals surface area contributed by atoms with Crippen LogP contribution in [-0.2, 0) is 4.79 Å². The van der Waals surface area contributed by atoms with Gasteiger partial charge in [0.1, 0.15) is 6.04 Å². The van der Waals surface area contributed by atoms with Gasteiger partial charge in [-0.05, 0) is 36.8 Å². The Hall–Kier alpha value is -1.49. The van der Waals surface area contributed by atoms with E-state index in [-0.39, 0.29) is 23.2 Å². The summed E-state index contributed by atoms with van der Waals surface area (Å²) in [5.74, 6) is 1.60. The standard InChI is InChI=1S/C21H30N2O2S/c1-15(2)13-22-19(24)18-14-26-21(17-11-7-4-8-12-17)23(18)20(25)16-9-5-3-6-10-16/h3,5-6,9-10,15,17-18,21H,4,7-8,11-14H2,1-2H3,(H,22,24)/t18-,21+/m0/s1. The molecule has 142 valence electrons. The molecule has 0 spiro atoms. The Labute approximate surface area is 161 Å². The molecule has 1 aliphatic carbocycles. The topological polar surface area (TPSA) is 49.4 Å². The van der Waals surface area contributed by atoms with Crippen molar-refractivity contribution in [2.24, 2.45) is 11.8 Å². The number of nitrogens with one attached hydrogen (secondary N) is 1. The number of rotatable bonds is 5. The van der Waals surface area contributed by atoms with Gasteiger partial charge in [0.2, 0.25) is 5.91 Å². The quantitative estimate of drug-likeness (QED) is 0.850. The molecule has 2 fully saturated rings. The van der Waals surface area contributed by atoms with Crippen LogP contribution in [0.15, 0.2) is 30.3 Å². The summed E-state index contributed by atoms with van der Waals surface area (Å²) in [6, 6.07) is 9.04. The lowest BCUT2D eigenvalue weighted by atomic mass is 9.88. The second-order valence-electron chi connectivity index (χ2n) is 7.86. The maximum absolute atomic E-state index is 13.3. The van der Waals surface area contributed by atoms with E-state index in [9.17, 15) is 9.59 Å². The molecule has 1 saturated heterocycles. The Kier molecular flexibility index (Phi) is 6.63. The average molecular weight is 375 g/mol. The summed E-state index contributed by atoms with van der Waals surface area (Å²) < 4.78 is 0. The largest absolute Gasteiger partial charge is 0.354 e. The normalized spacial score (nSPS) is 24.0. The van der Waals surface area contributed by atoms with Crippen LogP contribution in [0.4, 0.5) is 0 Å². The lowest BCUT2D eigenvalue weighted by molar-refractivity contribution is -0.125. The fraction of sp³-hybridized carbons (Fsp3) is 0.619. The van der Waals surface area contributed by atoms with Crippen molar-refractivity contribution in [3.8, 4) is 0 Å². The second-order valence-corrected chi connectivity index (χ2v) is 9.00. The van der Waals surface area contributed by atoms with Crippen LogP contribution in [0.25, 0.3) is 0 Å². The van der Waals surface area contributed by atoms with Crippen molar-refractivity contribution in [3.05, 3.63) is 35.9 Å². The van der Waals surface area contributed by atoms with Crippen LogP contribution >= 0.6 is 11.8 Å². The van der Waals surface area contributed by atoms with E-state index < -0.39 is 0 Å². The van der Waals surface area contributed by atoms with Crippen LogP contribution in [0.2, 0.25) is 0 Å². The van der Waals surface area contributed by atoms with E-state index >= 15 is 0 Å². The number of hydrogen-bond acceptors (Lipinski definition) is 3. The minimum atomic E-state index is -0.363. The van der Waals surface area contributed by atoms with Crippen molar-refractivity contribution in [1.29, 1.82) is 0 Å². The lowest BCUT2D eigenvalue weighted by Gasteiger charge is -2.35. The van der Waals surface area contributed by atoms with Crippen molar-refractivity contribution < 1.29 is 9.59 Å². The zero-order chi connectivity index (χ0) is 18.5. The summed E-state index contributed by atoms with van der Waals surface area (Å²) in [6.45, 7) is 4.82. The molecule has 26 heavy (non-hydrogen) atoms. The van der Waals surface area contributed by atoms with E-state index in [2.05, 4.69) is 19.2 Å². The van der Waals surface area contributed by atoms with Crippen molar-refractivity contribution in [2.45, 2.75) is 57.4 Å². The van der Waals surface area contributed by atoms with E-state index in [1.807, 2.05) is 35.2 Å². The summed E-state index contributed by atoms with van der Waals surface area (Å²) in [4.78, 5) is 28.0. The molecule has 0 aromatic heterocycles. The SMILES string of the molecule is CC(C)CNC(=O)[C@@H]1CS[C@H](C2CCCCC2)N1C(=O)c1ccccc1. The number of amides is 2. The fourth-order valence-corrected chi connectivity index (χ4v) is 5.56. The summed E-state index contributed by atoms with van der Waals surface area (Å²) in [7, 11) is 0. The maximum Gasteiger partial charge on any atom is 0.255 e. The molecule has 0 bridgehead atoms. The third-order valence-electron chi connectivity index (χ3n) is 5.33. The first kappa shape index (κ1) is 19.3. The summed E-state index contributed by atoms with van der Waals surface area (Å²) in [5.41, 5.74) is 0.678. The predicted octanol–water partition coefficient (Wildman–Crippen LogP) is 3.92. The number of carbonyl (C=O) groups is 2. The molecular weight excluding hydrogens is 344 g/mol. The molecule has 1 saturated carbocycles. The molecule has 2 amide bonds. The van der Waals surface area contributed by atoms with Gasteiger partial charge in [-0.15, -0.1) is 11.8 Å². The molecule has 2 atom stereocenters. The van der Waals surface area contributed by atoms with Gasteiger partial charge < -0.3 is 10.2 Å². The monoisotopic (exact) mass is 374 g/mol. The molecule has 0 radical (unpaired) electrons. The number of benzene rings is 1. The third kappa shape index (κ3) is 4.43. The van der Waals surface area contributed by atoms with E-state index in [1.165, 1.54) is 19.3 Å². The highest BCUT2D eigenvalue weighted by molar-refractivity contribution is 8.00. The molecule has 2 aliphatic rings. The van der Waals surface area contributed by atoms with E-state index in [0.717, 1.165) is 12.8 Å². The molecule has 1 aliphatic heterocycles. The van der Waals surface area contributed by atoms with Gasteiger partial charge in [0.05, 0.1) is 5.37 Å². The van der Waals surface area contributed by atoms with Crippen molar-refractivity contribution in [3.63, 3.8) is 0 Å². The van der Waals surface area contributed by atoms with Gasteiger partial charge in [-0.2, -0.15) is 0 Å². The van der Waals surface area contributed by atoms with Crippen LogP contribution in [0, 0.1) is 11.8 Å². The maximum atomic E-state index is 13.3. The first-order valence-electron chi connectivity index (χ1n) is 9.85. The molecular formula is C21H30N2O2S. The van der Waals surface area contributed by atoms with Crippen LogP contribution in [-0.4, -0.2) is 40.4 Å². The average Bonchev–Trinajstić information content (AvgIpc) is 3.12. The zero-order valence-electron chi connectivity index (χ0n) is 15.8. The van der Waals surface area contributed by atoms with Gasteiger partial charge in [0.25, 0.3) is 5.91 Å². The Morgan fingerprint density at radius 2 is 1.85 bits per heavy atom. The van der Waals surface area contributed by atoms with Gasteiger partial charge in [-0.3, -0.25) is 9.59 Å². The smallest absolute Gasteiger partial charge is 0.255 e. The number of nitrogens with zero attached hydrogens (tertiary/aromatic N) is 1. The van der Waals surface area contributed by atoms with Crippen molar-refractivity contribution in [1.82, 2.24) is 10.2 Å². The molecule has 1 N–H and O–H groups in total. The van der Waals surface area contributed by atoms with Gasteiger partial charge in [-0.25, -0.2) is 0 Å². The summed E-state index contributed by atoms with van der Waals surface area (Å²) in [5, 5.41) is 3.16. The Balaban J connectivity index is 1.81. The highest BCUT2D eigenvalue weighted by Gasteiger charge is 2.45. The van der Waals surface area contributed by atoms with Gasteiger partial charge in [0.15, 0.2) is 0 Å². The van der Waals surface area contributed by atoms with E-state index in [4.69, 9.17) is 0 Å². The molecule has 4 nitrogen and oxygen atoms in total. The summed E-state index contributed by atoms with van der Waals surface area (Å²) >= 11 is 1.79. The molecule has 5 heteroatoms. The van der Waals surface area contributed by atoms with Crippen LogP contribution in [0.1, 0.15) is 56.3 Å². The minimum Gasteiger partial charge on any atom is -0.354 e. The second kappa shape index (κ2) is 8.94. The first-order chi connectivity index (χ1) is 12.6. The Bertz CT molecular complexity index is 614. The molecule has 0 unspecified atom stereocenters. The molecule has 3 rings (SSSR count). The number of thioether (sulfide) groups is 1. The highest BCUT2D eigenvalue weighted by atomic mass is 32.2. The van der Waals surface area contributed by atoms with Gasteiger partial charge >= 0.3 is 0 Å². The Morgan fingerprint density at radius 3 is 2.50 bits per heavy atom. The lowest BCUT2D eigenvalue weighted by Crippen LogP contribution is -2.51. The van der Waals surface area contributed by atoms with Crippen LogP contribution in [0.5, 0.6) is 0 Å². The summed E-state index contributed by atoms with van der Waals surface area (Å²) in [6.07, 6.45) is 6.09. The van der Waals surface area contributed by atoms with Crippen molar-refractivity contribution in [2.75, 3.05) is 12.3 Å². The number of hydrogen-bond donors (Lipinski definition) is 1. The van der Waals surface area contributed by atoms with E-state index in [1.54, 1.807) is 11.8 Å². The zero-order valence-corrected chi connectivity index (χ0v) is 16.6. The fourth-order valence-electron chi connectivity index (χ4n) is 3.92. The number of carbonyl (C=O) groups excluding carboxylic acids is 2. The van der Waals surface area contributed by atoms with E-state index in [0.29, 0.717) is 29.7 Å². The molecule has 1 heterocycles. The van der Waals surface area contributed by atoms with Gasteiger partial charge in [-0.1, -0.05) is 51.3 Å². The third-order valence-corrected chi connectivity index (χ3v) is 6.79. The minimum absolute atomic E-state index is 0.00382. The molecule has 1 aromatic carbocycles.